The largest absolute Gasteiger partial charge is 0.316 e. The normalized spacial score (nSPS) is 10.4. The third-order valence-corrected chi connectivity index (χ3v) is 4.02. The van der Waals surface area contributed by atoms with E-state index >= 15 is 0 Å². The van der Waals surface area contributed by atoms with Crippen molar-refractivity contribution in [2.45, 2.75) is 13.0 Å². The number of aromatic amines is 2. The molecule has 0 atom stereocenters. The van der Waals surface area contributed by atoms with Gasteiger partial charge in [-0.05, 0) is 24.7 Å². The monoisotopic (exact) mass is 515 g/mol. The summed E-state index contributed by atoms with van der Waals surface area (Å²) in [4.78, 5) is 44.9. The highest BCUT2D eigenvalue weighted by Crippen LogP contribution is 2.22. The van der Waals surface area contributed by atoms with Crippen molar-refractivity contribution in [2.24, 2.45) is 0 Å². The van der Waals surface area contributed by atoms with E-state index in [1.165, 1.54) is 12.1 Å². The van der Waals surface area contributed by atoms with Gasteiger partial charge in [-0.25, -0.2) is 0 Å². The van der Waals surface area contributed by atoms with Crippen LogP contribution in [0.4, 0.5) is 5.69 Å². The molecule has 3 rings (SSSR count). The molecule has 11 heteroatoms. The molecule has 0 saturated heterocycles. The second kappa shape index (κ2) is 10.2. The van der Waals surface area contributed by atoms with Crippen LogP contribution in [0.2, 0.25) is 0 Å². The Morgan fingerprint density at radius 3 is 2.50 bits per heavy atom. The number of hydrogen-bond donors (Lipinski definition) is 2. The zero-order chi connectivity index (χ0) is 18.7. The van der Waals surface area contributed by atoms with Gasteiger partial charge in [0.15, 0.2) is 0 Å². The Bertz CT molecular complexity index is 1070. The van der Waals surface area contributed by atoms with Crippen molar-refractivity contribution in [3.8, 4) is 0 Å². The van der Waals surface area contributed by atoms with Gasteiger partial charge >= 0.3 is 11.1 Å². The molecular weight excluding hydrogens is 498 g/mol. The van der Waals surface area contributed by atoms with Gasteiger partial charge in [-0.3, -0.25) is 24.7 Å². The van der Waals surface area contributed by atoms with Crippen molar-refractivity contribution in [2.75, 3.05) is 13.6 Å². The second-order valence-corrected chi connectivity index (χ2v) is 6.00. The number of hydrogen-bond acceptors (Lipinski definition) is 6. The van der Waals surface area contributed by atoms with Crippen molar-refractivity contribution in [1.82, 2.24) is 19.9 Å². The summed E-state index contributed by atoms with van der Waals surface area (Å²) in [6, 6.07) is 8.34. The predicted octanol–water partition coefficient (Wildman–Crippen LogP) is 2.35. The number of non-ortho nitro benzene ring substituents is 1. The summed E-state index contributed by atoms with van der Waals surface area (Å²) in [7, 11) is 1.87. The van der Waals surface area contributed by atoms with Crippen LogP contribution in [0.1, 0.15) is 11.3 Å². The molecule has 0 saturated carbocycles. The van der Waals surface area contributed by atoms with E-state index in [4.69, 9.17) is 0 Å². The molecule has 0 bridgehead atoms. The number of nitro benzene ring substituents is 1. The summed E-state index contributed by atoms with van der Waals surface area (Å²) in [5.41, 5.74) is 0.360. The van der Waals surface area contributed by atoms with E-state index in [2.05, 4.69) is 15.0 Å². The lowest BCUT2D eigenvalue weighted by Crippen LogP contribution is -2.30. The topological polar surface area (TPSA) is 125 Å². The first-order chi connectivity index (χ1) is 12.4. The summed E-state index contributed by atoms with van der Waals surface area (Å²) in [6.07, 6.45) is 2.45. The summed E-state index contributed by atoms with van der Waals surface area (Å²) in [6.45, 7) is 1.04. The molecule has 9 nitrogen and oxygen atoms in total. The standard InChI is InChI=1S/C17H17N5O4.2BrH/c1-21(7-5-12-4-2-3-6-18-12)10-11-8-13(22(25)26)9-14-15(11)20-17(24)16(23)19-14;;/h2-4,6,8-9H,5,7,10H2,1H3,(H,19,23)(H,20,24);2*1H. The fraction of sp³-hybridized carbons (Fsp3) is 0.235. The predicted molar refractivity (Wildman–Crippen MR) is 117 cm³/mol. The first-order valence-electron chi connectivity index (χ1n) is 7.96. The van der Waals surface area contributed by atoms with Crippen molar-refractivity contribution < 1.29 is 4.92 Å². The van der Waals surface area contributed by atoms with Crippen molar-refractivity contribution in [3.63, 3.8) is 0 Å². The number of aromatic nitrogens is 3. The maximum absolute atomic E-state index is 11.6. The van der Waals surface area contributed by atoms with Gasteiger partial charge in [0.2, 0.25) is 0 Å². The molecule has 0 aliphatic heterocycles. The maximum Gasteiger partial charge on any atom is 0.314 e. The first-order valence-corrected chi connectivity index (χ1v) is 7.96. The Kier molecular flexibility index (Phi) is 8.66. The fourth-order valence-corrected chi connectivity index (χ4v) is 2.73. The van der Waals surface area contributed by atoms with Crippen LogP contribution >= 0.6 is 34.0 Å². The summed E-state index contributed by atoms with van der Waals surface area (Å²) in [5.74, 6) is 0. The van der Waals surface area contributed by atoms with E-state index in [9.17, 15) is 19.7 Å². The number of benzene rings is 1. The van der Waals surface area contributed by atoms with E-state index in [-0.39, 0.29) is 45.2 Å². The maximum atomic E-state index is 11.6. The molecule has 150 valence electrons. The fourth-order valence-electron chi connectivity index (χ4n) is 2.73. The molecule has 0 spiro atoms. The Morgan fingerprint density at radius 2 is 1.86 bits per heavy atom. The van der Waals surface area contributed by atoms with Gasteiger partial charge < -0.3 is 14.9 Å². The Balaban J connectivity index is 0.00000196. The lowest BCUT2D eigenvalue weighted by Gasteiger charge is -2.17. The van der Waals surface area contributed by atoms with Crippen LogP contribution < -0.4 is 11.1 Å². The summed E-state index contributed by atoms with van der Waals surface area (Å²) >= 11 is 0. The molecule has 0 aliphatic carbocycles. The van der Waals surface area contributed by atoms with Crippen molar-refractivity contribution in [3.05, 3.63) is 78.6 Å². The first kappa shape index (κ1) is 23.7. The molecule has 1 aromatic carbocycles. The average molecular weight is 517 g/mol. The zero-order valence-corrected chi connectivity index (χ0v) is 18.3. The van der Waals surface area contributed by atoms with Crippen LogP contribution in [0.3, 0.4) is 0 Å². The third-order valence-electron chi connectivity index (χ3n) is 4.02. The van der Waals surface area contributed by atoms with E-state index in [0.717, 1.165) is 12.1 Å². The minimum Gasteiger partial charge on any atom is -0.316 e. The number of nitro groups is 1. The molecular formula is C17H19Br2N5O4. The van der Waals surface area contributed by atoms with Crippen LogP contribution in [-0.2, 0) is 13.0 Å². The Morgan fingerprint density at radius 1 is 1.14 bits per heavy atom. The lowest BCUT2D eigenvalue weighted by atomic mass is 10.1. The second-order valence-electron chi connectivity index (χ2n) is 6.00. The average Bonchev–Trinajstić information content (AvgIpc) is 2.62. The molecule has 0 fully saturated rings. The highest BCUT2D eigenvalue weighted by Gasteiger charge is 2.15. The van der Waals surface area contributed by atoms with E-state index in [1.807, 2.05) is 30.1 Å². The summed E-state index contributed by atoms with van der Waals surface area (Å²) in [5, 5.41) is 11.2. The molecule has 0 aliphatic rings. The van der Waals surface area contributed by atoms with Gasteiger partial charge in [0.05, 0.1) is 16.0 Å². The van der Waals surface area contributed by atoms with Gasteiger partial charge in [-0.15, -0.1) is 34.0 Å². The van der Waals surface area contributed by atoms with E-state index in [1.54, 1.807) is 6.20 Å². The van der Waals surface area contributed by atoms with E-state index < -0.39 is 16.0 Å². The van der Waals surface area contributed by atoms with Gasteiger partial charge in [-0.2, -0.15) is 0 Å². The number of halogens is 2. The number of nitrogens with one attached hydrogen (secondary N) is 2. The SMILES string of the molecule is Br.Br.CN(CCc1ccccn1)Cc1cc([N+](=O)[O-])cc2[nH]c(=O)c(=O)[nH]c12. The molecule has 0 unspecified atom stereocenters. The number of pyridine rings is 1. The Hall–Kier alpha value is -2.37. The number of likely N-dealkylation sites (N-methyl/N-ethyl adjacent to an activating group) is 1. The summed E-state index contributed by atoms with van der Waals surface area (Å²) < 4.78 is 0. The molecule has 2 heterocycles. The molecule has 3 aromatic rings. The molecule has 0 radical (unpaired) electrons. The minimum atomic E-state index is -0.840. The van der Waals surface area contributed by atoms with Crippen LogP contribution in [0, 0.1) is 10.1 Å². The molecule has 2 aromatic heterocycles. The minimum absolute atomic E-state index is 0. The number of H-pyrrole nitrogens is 2. The van der Waals surface area contributed by atoms with Crippen molar-refractivity contribution in [1.29, 1.82) is 0 Å². The van der Waals surface area contributed by atoms with Gasteiger partial charge in [0.1, 0.15) is 0 Å². The van der Waals surface area contributed by atoms with Crippen LogP contribution in [0.15, 0.2) is 46.1 Å². The molecule has 28 heavy (non-hydrogen) atoms. The molecule has 0 amide bonds. The smallest absolute Gasteiger partial charge is 0.314 e. The number of rotatable bonds is 6. The van der Waals surface area contributed by atoms with Gasteiger partial charge in [0.25, 0.3) is 5.69 Å². The zero-order valence-electron chi connectivity index (χ0n) is 14.9. The highest BCUT2D eigenvalue weighted by molar-refractivity contribution is 8.93. The van der Waals surface area contributed by atoms with Gasteiger partial charge in [-0.1, -0.05) is 6.07 Å². The Labute approximate surface area is 180 Å². The van der Waals surface area contributed by atoms with Crippen LogP contribution in [0.25, 0.3) is 11.0 Å². The van der Waals surface area contributed by atoms with Gasteiger partial charge in [0, 0.05) is 43.5 Å². The number of fused-ring (bicyclic) bond motifs is 1. The van der Waals surface area contributed by atoms with Crippen LogP contribution in [-0.4, -0.2) is 38.4 Å². The van der Waals surface area contributed by atoms with Crippen molar-refractivity contribution >= 4 is 50.7 Å². The lowest BCUT2D eigenvalue weighted by molar-refractivity contribution is -0.384. The quantitative estimate of drug-likeness (QED) is 0.294. The number of nitrogens with zero attached hydrogens (tertiary/aromatic N) is 3. The van der Waals surface area contributed by atoms with E-state index in [0.29, 0.717) is 24.2 Å². The third kappa shape index (κ3) is 5.57. The molecule has 2 N–H and O–H groups in total. The highest BCUT2D eigenvalue weighted by atomic mass is 79.9. The van der Waals surface area contributed by atoms with Crippen LogP contribution in [0.5, 0.6) is 0 Å².